The van der Waals surface area contributed by atoms with Gasteiger partial charge in [0.2, 0.25) is 7.38 Å². The van der Waals surface area contributed by atoms with Gasteiger partial charge in [0.05, 0.1) is 0 Å². The summed E-state index contributed by atoms with van der Waals surface area (Å²) in [6, 6.07) is 40.6. The lowest BCUT2D eigenvalue weighted by atomic mass is 9.92. The average Bonchev–Trinajstić information content (AvgIpc) is 2.80. The number of benzene rings is 4. The summed E-state index contributed by atoms with van der Waals surface area (Å²) in [6.07, 6.45) is 0. The molecule has 0 spiro atoms. The van der Waals surface area contributed by atoms with Crippen LogP contribution in [0.15, 0.2) is 115 Å². The van der Waals surface area contributed by atoms with Gasteiger partial charge in [-0.05, 0) is 27.1 Å². The molecule has 29 heavy (non-hydrogen) atoms. The molecule has 0 N–H and O–H groups in total. The molecule has 4 aromatic rings. The van der Waals surface area contributed by atoms with Gasteiger partial charge in [-0.25, -0.2) is 0 Å². The van der Waals surface area contributed by atoms with E-state index in [-0.39, 0.29) is 5.04 Å². The molecule has 2 heteroatoms. The Morgan fingerprint density at radius 2 is 0.966 bits per heavy atom. The van der Waals surface area contributed by atoms with Crippen LogP contribution in [0.1, 0.15) is 19.4 Å². The fourth-order valence-electron chi connectivity index (χ4n) is 4.31. The van der Waals surface area contributed by atoms with Crippen molar-refractivity contribution in [1.29, 1.82) is 0 Å². The van der Waals surface area contributed by atoms with Gasteiger partial charge in [0.1, 0.15) is 0 Å². The third-order valence-corrected chi connectivity index (χ3v) is 12.9. The highest BCUT2D eigenvalue weighted by atomic mass is 35.6. The Morgan fingerprint density at radius 3 is 1.48 bits per heavy atom. The van der Waals surface area contributed by atoms with Gasteiger partial charge in [-0.2, -0.15) is 11.1 Å². The summed E-state index contributed by atoms with van der Waals surface area (Å²) in [5.41, 5.74) is 3.77. The molecule has 0 unspecified atom stereocenters. The second-order valence-electron chi connectivity index (χ2n) is 7.93. The van der Waals surface area contributed by atoms with Gasteiger partial charge in [0.15, 0.2) is 0 Å². The van der Waals surface area contributed by atoms with Crippen LogP contribution in [0.25, 0.3) is 11.1 Å². The minimum absolute atomic E-state index is 0.246. The molecule has 0 heterocycles. The lowest BCUT2D eigenvalue weighted by Gasteiger charge is -2.42. The summed E-state index contributed by atoms with van der Waals surface area (Å²) in [7, 11) is -2.66. The standard InChI is InChI=1S/C27H25ClSi/c1-27(2,26-21-13-12-20-25(26)22-14-6-3-7-15-22)29(28,23-16-8-4-9-17-23)24-18-10-5-11-19-24/h3-21H,1-2H3. The second kappa shape index (κ2) is 8.02. The summed E-state index contributed by atoms with van der Waals surface area (Å²) in [5.74, 6) is 0. The van der Waals surface area contributed by atoms with Gasteiger partial charge in [-0.15, -0.1) is 0 Å². The van der Waals surface area contributed by atoms with Gasteiger partial charge in [-0.1, -0.05) is 129 Å². The van der Waals surface area contributed by atoms with Crippen LogP contribution in [-0.4, -0.2) is 7.38 Å². The van der Waals surface area contributed by atoms with E-state index >= 15 is 0 Å². The van der Waals surface area contributed by atoms with Crippen LogP contribution in [0.3, 0.4) is 0 Å². The van der Waals surface area contributed by atoms with Gasteiger partial charge >= 0.3 is 0 Å². The zero-order valence-corrected chi connectivity index (χ0v) is 18.6. The van der Waals surface area contributed by atoms with Crippen LogP contribution in [0.5, 0.6) is 0 Å². The van der Waals surface area contributed by atoms with Crippen molar-refractivity contribution in [2.45, 2.75) is 18.9 Å². The van der Waals surface area contributed by atoms with Crippen molar-refractivity contribution in [3.63, 3.8) is 0 Å². The zero-order valence-electron chi connectivity index (χ0n) is 16.8. The molecule has 0 radical (unpaired) electrons. The molecule has 0 saturated carbocycles. The number of hydrogen-bond acceptors (Lipinski definition) is 0. The molecule has 0 saturated heterocycles. The van der Waals surface area contributed by atoms with Crippen LogP contribution in [0.4, 0.5) is 0 Å². The minimum Gasteiger partial charge on any atom is -0.154 e. The van der Waals surface area contributed by atoms with Crippen molar-refractivity contribution in [2.75, 3.05) is 0 Å². The third kappa shape index (κ3) is 3.46. The predicted octanol–water partition coefficient (Wildman–Crippen LogP) is 6.17. The lowest BCUT2D eigenvalue weighted by molar-refractivity contribution is 0.743. The first-order valence-corrected chi connectivity index (χ1v) is 13.0. The third-order valence-electron chi connectivity index (χ3n) is 5.89. The first kappa shape index (κ1) is 19.7. The zero-order chi connectivity index (χ0) is 20.3. The Hall–Kier alpha value is -2.61. The molecule has 0 aliphatic rings. The molecule has 0 aromatic heterocycles. The Labute approximate surface area is 179 Å². The molecule has 0 aliphatic carbocycles. The van der Waals surface area contributed by atoms with Crippen LogP contribution in [-0.2, 0) is 5.04 Å². The van der Waals surface area contributed by atoms with Crippen molar-refractivity contribution in [3.05, 3.63) is 121 Å². The number of rotatable bonds is 5. The van der Waals surface area contributed by atoms with Crippen molar-refractivity contribution < 1.29 is 0 Å². The highest BCUT2D eigenvalue weighted by Crippen LogP contribution is 2.41. The smallest absolute Gasteiger partial charge is 0.154 e. The molecule has 0 fully saturated rings. The van der Waals surface area contributed by atoms with Crippen LogP contribution >= 0.6 is 11.1 Å². The summed E-state index contributed by atoms with van der Waals surface area (Å²) in [4.78, 5) is 0. The summed E-state index contributed by atoms with van der Waals surface area (Å²) in [6.45, 7) is 4.63. The summed E-state index contributed by atoms with van der Waals surface area (Å²) >= 11 is 7.81. The maximum atomic E-state index is 7.81. The van der Waals surface area contributed by atoms with Crippen molar-refractivity contribution in [2.24, 2.45) is 0 Å². The topological polar surface area (TPSA) is 0 Å². The minimum atomic E-state index is -2.66. The molecular formula is C27H25ClSi. The second-order valence-corrected chi connectivity index (χ2v) is 13.3. The molecule has 0 nitrogen and oxygen atoms in total. The van der Waals surface area contributed by atoms with Crippen LogP contribution in [0.2, 0.25) is 0 Å². The molecule has 144 valence electrons. The SMILES string of the molecule is CC(C)(c1ccccc1-c1ccccc1)[Si](Cl)(c1ccccc1)c1ccccc1. The van der Waals surface area contributed by atoms with E-state index < -0.39 is 7.38 Å². The van der Waals surface area contributed by atoms with E-state index in [9.17, 15) is 0 Å². The largest absolute Gasteiger partial charge is 0.227 e. The summed E-state index contributed by atoms with van der Waals surface area (Å²) in [5, 5.41) is 2.23. The molecule has 4 aromatic carbocycles. The van der Waals surface area contributed by atoms with Gasteiger partial charge in [0, 0.05) is 5.04 Å². The van der Waals surface area contributed by atoms with Crippen LogP contribution < -0.4 is 10.4 Å². The maximum Gasteiger partial charge on any atom is 0.227 e. The van der Waals surface area contributed by atoms with E-state index in [1.807, 2.05) is 0 Å². The number of halogens is 1. The first-order valence-electron chi connectivity index (χ1n) is 10.00. The highest BCUT2D eigenvalue weighted by molar-refractivity contribution is 7.35. The number of hydrogen-bond donors (Lipinski definition) is 0. The Bertz CT molecular complexity index is 1030. The molecule has 0 amide bonds. The Kier molecular flexibility index (Phi) is 5.45. The van der Waals surface area contributed by atoms with Crippen molar-refractivity contribution in [1.82, 2.24) is 0 Å². The van der Waals surface area contributed by atoms with E-state index in [2.05, 4.69) is 129 Å². The van der Waals surface area contributed by atoms with Gasteiger partial charge < -0.3 is 0 Å². The highest BCUT2D eigenvalue weighted by Gasteiger charge is 2.51. The van der Waals surface area contributed by atoms with E-state index in [0.29, 0.717) is 0 Å². The maximum absolute atomic E-state index is 7.81. The van der Waals surface area contributed by atoms with Crippen LogP contribution in [0, 0.1) is 0 Å². The predicted molar refractivity (Wildman–Crippen MR) is 129 cm³/mol. The lowest BCUT2D eigenvalue weighted by Crippen LogP contribution is -2.66. The van der Waals surface area contributed by atoms with E-state index in [1.54, 1.807) is 0 Å². The molecule has 0 bridgehead atoms. The molecule has 0 aliphatic heterocycles. The van der Waals surface area contributed by atoms with Gasteiger partial charge in [-0.3, -0.25) is 0 Å². The summed E-state index contributed by atoms with van der Waals surface area (Å²) < 4.78 is 0. The van der Waals surface area contributed by atoms with E-state index in [4.69, 9.17) is 11.1 Å². The Morgan fingerprint density at radius 1 is 0.552 bits per heavy atom. The fraction of sp³-hybridized carbons (Fsp3) is 0.111. The van der Waals surface area contributed by atoms with E-state index in [1.165, 1.54) is 27.1 Å². The monoisotopic (exact) mass is 412 g/mol. The molecule has 0 atom stereocenters. The normalized spacial score (nSPS) is 12.0. The fourth-order valence-corrected chi connectivity index (χ4v) is 9.04. The Balaban J connectivity index is 1.98. The molecule has 4 rings (SSSR count). The quantitative estimate of drug-likeness (QED) is 0.271. The average molecular weight is 413 g/mol. The van der Waals surface area contributed by atoms with Crippen molar-refractivity contribution >= 4 is 28.8 Å². The first-order chi connectivity index (χ1) is 14.0. The molecular weight excluding hydrogens is 388 g/mol. The van der Waals surface area contributed by atoms with Crippen molar-refractivity contribution in [3.8, 4) is 11.1 Å². The van der Waals surface area contributed by atoms with E-state index in [0.717, 1.165) is 0 Å². The van der Waals surface area contributed by atoms with Gasteiger partial charge in [0.25, 0.3) is 0 Å².